The average Bonchev–Trinajstić information content (AvgIpc) is 2.99. The number of phenolic OH excluding ortho intramolecular Hbond substituents is 1. The fraction of sp³-hybridized carbons (Fsp3) is 0.0526. The summed E-state index contributed by atoms with van der Waals surface area (Å²) in [7, 11) is 0. The summed E-state index contributed by atoms with van der Waals surface area (Å²) >= 11 is 0. The van der Waals surface area contributed by atoms with Crippen molar-refractivity contribution in [2.45, 2.75) is 6.92 Å². The maximum absolute atomic E-state index is 9.82. The zero-order valence-corrected chi connectivity index (χ0v) is 13.1. The van der Waals surface area contributed by atoms with Crippen LogP contribution in [0.4, 0.5) is 11.6 Å². The Kier molecular flexibility index (Phi) is 3.39. The van der Waals surface area contributed by atoms with E-state index in [-0.39, 0.29) is 5.75 Å². The molecular formula is C19H16N4O. The number of rotatable bonds is 3. The first kappa shape index (κ1) is 14.3. The van der Waals surface area contributed by atoms with Crippen LogP contribution in [0.2, 0.25) is 0 Å². The van der Waals surface area contributed by atoms with Crippen LogP contribution in [0.3, 0.4) is 0 Å². The molecular weight excluding hydrogens is 300 g/mol. The Morgan fingerprint density at radius 3 is 2.54 bits per heavy atom. The van der Waals surface area contributed by atoms with E-state index in [9.17, 15) is 5.11 Å². The van der Waals surface area contributed by atoms with Gasteiger partial charge in [0.2, 0.25) is 0 Å². The summed E-state index contributed by atoms with van der Waals surface area (Å²) in [5.41, 5.74) is 2.86. The Morgan fingerprint density at radius 1 is 0.958 bits per heavy atom. The number of hydrogen-bond donors (Lipinski definition) is 3. The highest BCUT2D eigenvalue weighted by Gasteiger charge is 2.10. The van der Waals surface area contributed by atoms with Gasteiger partial charge in [-0.25, -0.2) is 4.98 Å². The Morgan fingerprint density at radius 2 is 1.79 bits per heavy atom. The normalized spacial score (nSPS) is 10.9. The van der Waals surface area contributed by atoms with Crippen LogP contribution in [0, 0.1) is 6.92 Å². The number of hydrogen-bond acceptors (Lipinski definition) is 4. The van der Waals surface area contributed by atoms with Gasteiger partial charge in [0.25, 0.3) is 0 Å². The quantitative estimate of drug-likeness (QED) is 0.524. The zero-order chi connectivity index (χ0) is 16.5. The number of pyridine rings is 1. The van der Waals surface area contributed by atoms with Crippen molar-refractivity contribution in [2.75, 3.05) is 5.32 Å². The van der Waals surface area contributed by atoms with Crippen molar-refractivity contribution in [1.29, 1.82) is 0 Å². The highest BCUT2D eigenvalue weighted by atomic mass is 16.3. The Labute approximate surface area is 139 Å². The van der Waals surface area contributed by atoms with Crippen LogP contribution < -0.4 is 5.32 Å². The summed E-state index contributed by atoms with van der Waals surface area (Å²) in [5.74, 6) is 1.62. The molecule has 4 rings (SSSR count). The van der Waals surface area contributed by atoms with Crippen molar-refractivity contribution in [2.24, 2.45) is 0 Å². The second-order valence-corrected chi connectivity index (χ2v) is 5.69. The predicted octanol–water partition coefficient (Wildman–Crippen LogP) is 4.38. The molecule has 3 N–H and O–H groups in total. The lowest BCUT2D eigenvalue weighted by atomic mass is 10.0. The van der Waals surface area contributed by atoms with E-state index in [1.165, 1.54) is 0 Å². The molecule has 0 spiro atoms. The second-order valence-electron chi connectivity index (χ2n) is 5.69. The van der Waals surface area contributed by atoms with E-state index in [1.54, 1.807) is 12.1 Å². The number of benzene rings is 2. The zero-order valence-electron chi connectivity index (χ0n) is 13.1. The molecule has 0 saturated carbocycles. The van der Waals surface area contributed by atoms with E-state index in [1.807, 2.05) is 55.5 Å². The van der Waals surface area contributed by atoms with Gasteiger partial charge in [-0.05, 0) is 36.6 Å². The third kappa shape index (κ3) is 2.67. The highest BCUT2D eigenvalue weighted by molar-refractivity contribution is 5.97. The summed E-state index contributed by atoms with van der Waals surface area (Å²) < 4.78 is 0. The van der Waals surface area contributed by atoms with Crippen molar-refractivity contribution in [1.82, 2.24) is 15.2 Å². The smallest absolute Gasteiger partial charge is 0.153 e. The second kappa shape index (κ2) is 5.70. The number of fused-ring (bicyclic) bond motifs is 1. The molecule has 118 valence electrons. The number of phenols is 1. The van der Waals surface area contributed by atoms with Crippen molar-refractivity contribution in [3.05, 3.63) is 66.4 Å². The molecule has 0 radical (unpaired) electrons. The van der Waals surface area contributed by atoms with Gasteiger partial charge in [0.05, 0.1) is 5.69 Å². The van der Waals surface area contributed by atoms with Gasteiger partial charge in [-0.2, -0.15) is 5.10 Å². The van der Waals surface area contributed by atoms with Crippen molar-refractivity contribution in [3.63, 3.8) is 0 Å². The molecule has 0 fully saturated rings. The average molecular weight is 316 g/mol. The molecule has 5 nitrogen and oxygen atoms in total. The minimum atomic E-state index is 0.231. The number of nitrogens with zero attached hydrogens (tertiary/aromatic N) is 2. The maximum Gasteiger partial charge on any atom is 0.153 e. The summed E-state index contributed by atoms with van der Waals surface area (Å²) in [6, 6.07) is 19.1. The molecule has 0 unspecified atom stereocenters. The summed E-state index contributed by atoms with van der Waals surface area (Å²) in [5, 5.41) is 22.0. The van der Waals surface area contributed by atoms with Gasteiger partial charge in [0, 0.05) is 22.7 Å². The van der Waals surface area contributed by atoms with E-state index in [0.29, 0.717) is 11.6 Å². The van der Waals surface area contributed by atoms with Gasteiger partial charge < -0.3 is 10.4 Å². The van der Waals surface area contributed by atoms with Gasteiger partial charge in [0.1, 0.15) is 11.6 Å². The van der Waals surface area contributed by atoms with Crippen LogP contribution >= 0.6 is 0 Å². The third-order valence-electron chi connectivity index (χ3n) is 3.82. The van der Waals surface area contributed by atoms with Crippen LogP contribution in [-0.4, -0.2) is 20.3 Å². The predicted molar refractivity (Wildman–Crippen MR) is 95.5 cm³/mol. The van der Waals surface area contributed by atoms with Crippen LogP contribution in [0.5, 0.6) is 5.75 Å². The summed E-state index contributed by atoms with van der Waals surface area (Å²) in [4.78, 5) is 4.76. The van der Waals surface area contributed by atoms with Gasteiger partial charge in [-0.15, -0.1) is 0 Å². The SMILES string of the molecule is Cc1cc(Nc2cc3cc(O)ccc3c(-c3ccccc3)n2)n[nH]1. The van der Waals surface area contributed by atoms with Crippen molar-refractivity contribution >= 4 is 22.4 Å². The molecule has 0 amide bonds. The largest absolute Gasteiger partial charge is 0.508 e. The summed E-state index contributed by atoms with van der Waals surface area (Å²) in [6.07, 6.45) is 0. The number of aryl methyl sites for hydroxylation is 1. The van der Waals surface area contributed by atoms with Gasteiger partial charge in [0.15, 0.2) is 5.82 Å². The highest BCUT2D eigenvalue weighted by Crippen LogP contribution is 2.31. The minimum absolute atomic E-state index is 0.231. The van der Waals surface area contributed by atoms with Gasteiger partial charge in [-0.1, -0.05) is 30.3 Å². The molecule has 5 heteroatoms. The van der Waals surface area contributed by atoms with E-state index in [2.05, 4.69) is 15.5 Å². The van der Waals surface area contributed by atoms with Gasteiger partial charge in [-0.3, -0.25) is 5.10 Å². The lowest BCUT2D eigenvalue weighted by Gasteiger charge is -2.10. The topological polar surface area (TPSA) is 73.8 Å². The van der Waals surface area contributed by atoms with E-state index < -0.39 is 0 Å². The Bertz CT molecular complexity index is 1010. The number of nitrogens with one attached hydrogen (secondary N) is 2. The monoisotopic (exact) mass is 316 g/mol. The lowest BCUT2D eigenvalue weighted by Crippen LogP contribution is -1.96. The first-order chi connectivity index (χ1) is 11.7. The van der Waals surface area contributed by atoms with Crippen LogP contribution in [0.25, 0.3) is 22.0 Å². The molecule has 2 heterocycles. The number of anilines is 2. The number of H-pyrrole nitrogens is 1. The molecule has 0 atom stereocenters. The van der Waals surface area contributed by atoms with Crippen molar-refractivity contribution < 1.29 is 5.11 Å². The van der Waals surface area contributed by atoms with Crippen LogP contribution in [0.1, 0.15) is 5.69 Å². The van der Waals surface area contributed by atoms with Gasteiger partial charge >= 0.3 is 0 Å². The van der Waals surface area contributed by atoms with Crippen molar-refractivity contribution in [3.8, 4) is 17.0 Å². The number of aromatic nitrogens is 3. The standard InChI is InChI=1S/C19H16N4O/c1-12-9-18(23-22-12)20-17-11-14-10-15(24)7-8-16(14)19(21-17)13-5-3-2-4-6-13/h2-11,24H,1H3,(H2,20,21,22,23). The third-order valence-corrected chi connectivity index (χ3v) is 3.82. The first-order valence-corrected chi connectivity index (χ1v) is 7.67. The maximum atomic E-state index is 9.82. The molecule has 0 saturated heterocycles. The lowest BCUT2D eigenvalue weighted by molar-refractivity contribution is 0.476. The summed E-state index contributed by atoms with van der Waals surface area (Å²) in [6.45, 7) is 1.94. The minimum Gasteiger partial charge on any atom is -0.508 e. The van der Waals surface area contributed by atoms with E-state index in [0.717, 1.165) is 27.7 Å². The molecule has 24 heavy (non-hydrogen) atoms. The molecule has 0 bridgehead atoms. The van der Waals surface area contributed by atoms with Crippen LogP contribution in [0.15, 0.2) is 60.7 Å². The van der Waals surface area contributed by atoms with Crippen LogP contribution in [-0.2, 0) is 0 Å². The molecule has 2 aromatic carbocycles. The molecule has 2 aromatic heterocycles. The molecule has 0 aliphatic rings. The number of aromatic amines is 1. The number of aromatic hydroxyl groups is 1. The molecule has 0 aliphatic carbocycles. The Hall–Kier alpha value is -3.34. The Balaban J connectivity index is 1.89. The van der Waals surface area contributed by atoms with E-state index >= 15 is 0 Å². The fourth-order valence-electron chi connectivity index (χ4n) is 2.74. The fourth-order valence-corrected chi connectivity index (χ4v) is 2.74. The first-order valence-electron chi connectivity index (χ1n) is 7.67. The molecule has 4 aromatic rings. The van der Waals surface area contributed by atoms with E-state index in [4.69, 9.17) is 4.98 Å². The molecule has 0 aliphatic heterocycles.